The van der Waals surface area contributed by atoms with Crippen LogP contribution < -0.4 is 5.32 Å². The lowest BCUT2D eigenvalue weighted by Gasteiger charge is -2.28. The van der Waals surface area contributed by atoms with Gasteiger partial charge in [-0.15, -0.1) is 0 Å². The van der Waals surface area contributed by atoms with Gasteiger partial charge in [-0.1, -0.05) is 13.0 Å². The van der Waals surface area contributed by atoms with E-state index in [1.807, 2.05) is 11.8 Å². The highest BCUT2D eigenvalue weighted by Gasteiger charge is 2.35. The first-order valence-corrected chi connectivity index (χ1v) is 7.29. The number of amides is 1. The predicted octanol–water partition coefficient (Wildman–Crippen LogP) is 3.04. The van der Waals surface area contributed by atoms with Crippen LogP contribution in [-0.4, -0.2) is 34.9 Å². The Morgan fingerprint density at radius 3 is 2.76 bits per heavy atom. The zero-order valence-corrected chi connectivity index (χ0v) is 12.6. The lowest BCUT2D eigenvalue weighted by molar-refractivity contribution is -0.384. The third kappa shape index (κ3) is 2.70. The molecule has 1 heterocycles. The number of nitro benzene ring substituents is 1. The molecule has 0 radical (unpaired) electrons. The van der Waals surface area contributed by atoms with Gasteiger partial charge in [-0.05, 0) is 32.3 Å². The number of nitrogens with one attached hydrogen (secondary N) is 1. The van der Waals surface area contributed by atoms with Crippen LogP contribution in [0.15, 0.2) is 18.2 Å². The largest absolute Gasteiger partial charge is 0.382 e. The molecule has 1 saturated heterocycles. The molecule has 1 fully saturated rings. The minimum Gasteiger partial charge on any atom is -0.382 e. The van der Waals surface area contributed by atoms with Gasteiger partial charge in [0.15, 0.2) is 0 Å². The maximum atomic E-state index is 12.8. The highest BCUT2D eigenvalue weighted by molar-refractivity contribution is 6.02. The Labute approximate surface area is 124 Å². The van der Waals surface area contributed by atoms with Gasteiger partial charge in [0.1, 0.15) is 5.69 Å². The smallest absolute Gasteiger partial charge is 0.293 e. The van der Waals surface area contributed by atoms with Crippen LogP contribution >= 0.6 is 0 Å². The molecule has 1 aromatic carbocycles. The first-order valence-electron chi connectivity index (χ1n) is 7.29. The molecule has 0 bridgehead atoms. The molecular formula is C15H21N3O3. The van der Waals surface area contributed by atoms with Crippen molar-refractivity contribution < 1.29 is 9.72 Å². The second-order valence-electron chi connectivity index (χ2n) is 5.41. The van der Waals surface area contributed by atoms with E-state index in [-0.39, 0.29) is 23.7 Å². The number of rotatable bonds is 4. The third-order valence-corrected chi connectivity index (χ3v) is 4.21. The Morgan fingerprint density at radius 1 is 1.48 bits per heavy atom. The maximum Gasteiger partial charge on any atom is 0.293 e. The molecular weight excluding hydrogens is 270 g/mol. The van der Waals surface area contributed by atoms with Crippen LogP contribution in [0.5, 0.6) is 0 Å². The molecule has 0 aliphatic carbocycles. The summed E-state index contributed by atoms with van der Waals surface area (Å²) in [6.45, 7) is 4.10. The summed E-state index contributed by atoms with van der Waals surface area (Å²) >= 11 is 0. The first-order chi connectivity index (χ1) is 10.0. The van der Waals surface area contributed by atoms with E-state index in [2.05, 4.69) is 12.2 Å². The Hall–Kier alpha value is -2.11. The Balaban J connectivity index is 2.44. The average molecular weight is 291 g/mol. The number of hydrogen-bond donors (Lipinski definition) is 1. The summed E-state index contributed by atoms with van der Waals surface area (Å²) < 4.78 is 0. The van der Waals surface area contributed by atoms with E-state index in [1.54, 1.807) is 19.2 Å². The summed E-state index contributed by atoms with van der Waals surface area (Å²) in [6, 6.07) is 5.02. The zero-order chi connectivity index (χ0) is 15.6. The highest BCUT2D eigenvalue weighted by Crippen LogP contribution is 2.33. The van der Waals surface area contributed by atoms with Crippen molar-refractivity contribution in [3.8, 4) is 0 Å². The second-order valence-corrected chi connectivity index (χ2v) is 5.41. The van der Waals surface area contributed by atoms with E-state index < -0.39 is 4.92 Å². The average Bonchev–Trinajstić information content (AvgIpc) is 2.86. The quantitative estimate of drug-likeness (QED) is 0.683. The molecule has 0 spiro atoms. The van der Waals surface area contributed by atoms with Crippen LogP contribution in [0.2, 0.25) is 0 Å². The van der Waals surface area contributed by atoms with Crippen LogP contribution in [0.25, 0.3) is 0 Å². The summed E-state index contributed by atoms with van der Waals surface area (Å²) in [5.41, 5.74) is 0.601. The van der Waals surface area contributed by atoms with E-state index in [4.69, 9.17) is 0 Å². The molecule has 1 aliphatic rings. The minimum atomic E-state index is -0.465. The number of nitrogens with zero attached hydrogens (tertiary/aromatic N) is 2. The SMILES string of the molecule is CCC1CCC(C)N1C(=O)c1cccc([N+](=O)[O-])c1NC. The summed E-state index contributed by atoms with van der Waals surface area (Å²) in [6.07, 6.45) is 2.88. The van der Waals surface area contributed by atoms with Crippen molar-refractivity contribution in [2.45, 2.75) is 45.2 Å². The van der Waals surface area contributed by atoms with E-state index in [0.717, 1.165) is 19.3 Å². The van der Waals surface area contributed by atoms with Gasteiger partial charge in [-0.2, -0.15) is 0 Å². The summed E-state index contributed by atoms with van der Waals surface area (Å²) in [5.74, 6) is -0.125. The van der Waals surface area contributed by atoms with Crippen molar-refractivity contribution >= 4 is 17.3 Å². The fourth-order valence-electron chi connectivity index (χ4n) is 3.11. The van der Waals surface area contributed by atoms with Crippen LogP contribution in [-0.2, 0) is 0 Å². The summed E-state index contributed by atoms with van der Waals surface area (Å²) in [7, 11) is 1.60. The molecule has 2 atom stereocenters. The standard InChI is InChI=1S/C15H21N3O3/c1-4-11-9-8-10(2)17(11)15(19)12-6-5-7-13(18(20)21)14(12)16-3/h5-7,10-11,16H,4,8-9H2,1-3H3. The highest BCUT2D eigenvalue weighted by atomic mass is 16.6. The molecule has 1 aromatic rings. The minimum absolute atomic E-state index is 0.0664. The molecule has 6 nitrogen and oxygen atoms in total. The number of likely N-dealkylation sites (tertiary alicyclic amines) is 1. The number of carbonyl (C=O) groups is 1. The number of para-hydroxylation sites is 1. The van der Waals surface area contributed by atoms with Crippen LogP contribution in [0.4, 0.5) is 11.4 Å². The molecule has 2 rings (SSSR count). The van der Waals surface area contributed by atoms with Crippen molar-refractivity contribution in [3.63, 3.8) is 0 Å². The van der Waals surface area contributed by atoms with Crippen molar-refractivity contribution in [2.24, 2.45) is 0 Å². The Kier molecular flexibility index (Phi) is 4.45. The fraction of sp³-hybridized carbons (Fsp3) is 0.533. The van der Waals surface area contributed by atoms with Gasteiger partial charge in [0.05, 0.1) is 10.5 Å². The van der Waals surface area contributed by atoms with E-state index in [0.29, 0.717) is 11.3 Å². The molecule has 0 aromatic heterocycles. The summed E-state index contributed by atoms with van der Waals surface area (Å²) in [4.78, 5) is 25.4. The van der Waals surface area contributed by atoms with Crippen LogP contribution in [0, 0.1) is 10.1 Å². The lowest BCUT2D eigenvalue weighted by Crippen LogP contribution is -2.40. The number of anilines is 1. The summed E-state index contributed by atoms with van der Waals surface area (Å²) in [5, 5.41) is 13.9. The van der Waals surface area contributed by atoms with Gasteiger partial charge in [0.2, 0.25) is 0 Å². The molecule has 114 valence electrons. The second kappa shape index (κ2) is 6.11. The lowest BCUT2D eigenvalue weighted by atomic mass is 10.1. The van der Waals surface area contributed by atoms with E-state index >= 15 is 0 Å². The van der Waals surface area contributed by atoms with Gasteiger partial charge >= 0.3 is 0 Å². The van der Waals surface area contributed by atoms with Gasteiger partial charge < -0.3 is 10.2 Å². The monoisotopic (exact) mass is 291 g/mol. The van der Waals surface area contributed by atoms with Gasteiger partial charge in [0, 0.05) is 25.2 Å². The van der Waals surface area contributed by atoms with Gasteiger partial charge in [-0.3, -0.25) is 14.9 Å². The van der Waals surface area contributed by atoms with Crippen molar-refractivity contribution in [1.29, 1.82) is 0 Å². The van der Waals surface area contributed by atoms with Crippen molar-refractivity contribution in [1.82, 2.24) is 4.90 Å². The van der Waals surface area contributed by atoms with Gasteiger partial charge in [0.25, 0.3) is 11.6 Å². The number of benzene rings is 1. The number of hydrogen-bond acceptors (Lipinski definition) is 4. The predicted molar refractivity (Wildman–Crippen MR) is 81.6 cm³/mol. The van der Waals surface area contributed by atoms with E-state index in [9.17, 15) is 14.9 Å². The van der Waals surface area contributed by atoms with E-state index in [1.165, 1.54) is 6.07 Å². The molecule has 1 N–H and O–H groups in total. The molecule has 0 saturated carbocycles. The molecule has 2 unspecified atom stereocenters. The third-order valence-electron chi connectivity index (χ3n) is 4.21. The van der Waals surface area contributed by atoms with Crippen molar-refractivity contribution in [3.05, 3.63) is 33.9 Å². The molecule has 1 amide bonds. The van der Waals surface area contributed by atoms with Crippen molar-refractivity contribution in [2.75, 3.05) is 12.4 Å². The van der Waals surface area contributed by atoms with Gasteiger partial charge in [-0.25, -0.2) is 0 Å². The topological polar surface area (TPSA) is 75.5 Å². The molecule has 1 aliphatic heterocycles. The normalized spacial score (nSPS) is 21.4. The fourth-order valence-corrected chi connectivity index (χ4v) is 3.11. The Bertz CT molecular complexity index is 559. The van der Waals surface area contributed by atoms with Crippen LogP contribution in [0.3, 0.4) is 0 Å². The number of carbonyl (C=O) groups excluding carboxylic acids is 1. The Morgan fingerprint density at radius 2 is 2.19 bits per heavy atom. The van der Waals surface area contributed by atoms with Crippen LogP contribution in [0.1, 0.15) is 43.5 Å². The molecule has 6 heteroatoms. The zero-order valence-electron chi connectivity index (χ0n) is 12.6. The molecule has 21 heavy (non-hydrogen) atoms. The number of nitro groups is 1. The first kappa shape index (κ1) is 15.3. The maximum absolute atomic E-state index is 12.8.